The van der Waals surface area contributed by atoms with Gasteiger partial charge in [-0.15, -0.1) is 0 Å². The van der Waals surface area contributed by atoms with Gasteiger partial charge < -0.3 is 20.6 Å². The molecular formula is C8H19NO3. The molecule has 3 atom stereocenters. The quantitative estimate of drug-likeness (QED) is 0.417. The van der Waals surface area contributed by atoms with Crippen molar-refractivity contribution in [2.45, 2.75) is 26.0 Å². The molecule has 0 aromatic rings. The van der Waals surface area contributed by atoms with E-state index < -0.39 is 6.10 Å². The van der Waals surface area contributed by atoms with E-state index in [2.05, 4.69) is 5.32 Å². The topological polar surface area (TPSA) is 72.7 Å². The zero-order chi connectivity index (χ0) is 9.56. The average Bonchev–Trinajstić information content (AvgIpc) is 2.11. The van der Waals surface area contributed by atoms with Crippen LogP contribution in [0.5, 0.6) is 0 Å². The van der Waals surface area contributed by atoms with Gasteiger partial charge in [-0.05, 0) is 12.8 Å². The van der Waals surface area contributed by atoms with Crippen LogP contribution < -0.4 is 5.32 Å². The second-order valence-electron chi connectivity index (χ2n) is 3.19. The van der Waals surface area contributed by atoms with Gasteiger partial charge in [-0.1, -0.05) is 6.92 Å². The van der Waals surface area contributed by atoms with Crippen molar-refractivity contribution in [1.29, 1.82) is 0 Å². The Hall–Kier alpha value is -0.160. The van der Waals surface area contributed by atoms with E-state index in [9.17, 15) is 0 Å². The average molecular weight is 177 g/mol. The van der Waals surface area contributed by atoms with Gasteiger partial charge in [0.2, 0.25) is 0 Å². The van der Waals surface area contributed by atoms with Crippen molar-refractivity contribution in [3.05, 3.63) is 0 Å². The molecule has 74 valence electrons. The van der Waals surface area contributed by atoms with Crippen molar-refractivity contribution in [1.82, 2.24) is 5.32 Å². The lowest BCUT2D eigenvalue weighted by atomic mass is 10.1. The summed E-state index contributed by atoms with van der Waals surface area (Å²) >= 11 is 0. The largest absolute Gasteiger partial charge is 0.396 e. The third-order valence-electron chi connectivity index (χ3n) is 2.03. The minimum absolute atomic E-state index is 0.128. The van der Waals surface area contributed by atoms with Crippen LogP contribution in [-0.2, 0) is 0 Å². The number of rotatable bonds is 6. The summed E-state index contributed by atoms with van der Waals surface area (Å²) in [4.78, 5) is 0. The molecule has 12 heavy (non-hydrogen) atoms. The van der Waals surface area contributed by atoms with Crippen molar-refractivity contribution >= 4 is 0 Å². The number of hydrogen-bond acceptors (Lipinski definition) is 4. The lowest BCUT2D eigenvalue weighted by molar-refractivity contribution is 0.0884. The molecular weight excluding hydrogens is 158 g/mol. The third-order valence-corrected chi connectivity index (χ3v) is 2.03. The van der Waals surface area contributed by atoms with E-state index in [0.717, 1.165) is 0 Å². The molecule has 0 aromatic carbocycles. The van der Waals surface area contributed by atoms with E-state index in [1.54, 1.807) is 0 Å². The second-order valence-corrected chi connectivity index (χ2v) is 3.19. The van der Waals surface area contributed by atoms with Gasteiger partial charge >= 0.3 is 0 Å². The molecule has 0 fully saturated rings. The normalized spacial score (nSPS) is 18.8. The Balaban J connectivity index is 3.49. The fourth-order valence-electron chi connectivity index (χ4n) is 0.746. The minimum Gasteiger partial charge on any atom is -0.396 e. The lowest BCUT2D eigenvalue weighted by Gasteiger charge is -2.20. The van der Waals surface area contributed by atoms with Gasteiger partial charge in [0.25, 0.3) is 0 Å². The maximum atomic E-state index is 8.99. The van der Waals surface area contributed by atoms with Crippen LogP contribution in [0, 0.1) is 5.92 Å². The molecule has 4 N–H and O–H groups in total. The van der Waals surface area contributed by atoms with Crippen LogP contribution in [0.3, 0.4) is 0 Å². The van der Waals surface area contributed by atoms with Crippen molar-refractivity contribution in [2.24, 2.45) is 5.92 Å². The predicted octanol–water partition coefficient (Wildman–Crippen LogP) is -1.05. The summed E-state index contributed by atoms with van der Waals surface area (Å²) in [5, 5.41) is 29.3. The van der Waals surface area contributed by atoms with Crippen LogP contribution in [0.4, 0.5) is 0 Å². The first-order valence-electron chi connectivity index (χ1n) is 4.25. The fraction of sp³-hybridized carbons (Fsp3) is 1.00. The Morgan fingerprint density at radius 3 is 2.17 bits per heavy atom. The first kappa shape index (κ1) is 11.8. The number of hydrogen-bond donors (Lipinski definition) is 4. The van der Waals surface area contributed by atoms with E-state index in [1.807, 2.05) is 13.8 Å². The highest BCUT2D eigenvalue weighted by atomic mass is 16.3. The van der Waals surface area contributed by atoms with Crippen LogP contribution in [0.2, 0.25) is 0 Å². The van der Waals surface area contributed by atoms with Crippen molar-refractivity contribution in [3.63, 3.8) is 0 Å². The van der Waals surface area contributed by atoms with Gasteiger partial charge in [-0.25, -0.2) is 0 Å². The maximum absolute atomic E-state index is 8.99. The summed E-state index contributed by atoms with van der Waals surface area (Å²) in [5.74, 6) is 0.163. The van der Waals surface area contributed by atoms with Gasteiger partial charge in [-0.2, -0.15) is 0 Å². The molecule has 0 bridgehead atoms. The van der Waals surface area contributed by atoms with Crippen molar-refractivity contribution < 1.29 is 15.3 Å². The molecule has 4 heteroatoms. The minimum atomic E-state index is -0.710. The molecule has 0 spiro atoms. The molecule has 0 saturated carbocycles. The van der Waals surface area contributed by atoms with E-state index in [-0.39, 0.29) is 25.2 Å². The molecule has 0 aliphatic heterocycles. The van der Waals surface area contributed by atoms with Crippen LogP contribution >= 0.6 is 0 Å². The zero-order valence-electron chi connectivity index (χ0n) is 7.70. The molecule has 0 rings (SSSR count). The molecule has 0 saturated heterocycles. The molecule has 0 aliphatic rings. The summed E-state index contributed by atoms with van der Waals surface area (Å²) in [7, 11) is 0. The van der Waals surface area contributed by atoms with Gasteiger partial charge in [0.1, 0.15) is 0 Å². The van der Waals surface area contributed by atoms with Crippen molar-refractivity contribution in [2.75, 3.05) is 19.8 Å². The van der Waals surface area contributed by atoms with E-state index in [1.165, 1.54) is 0 Å². The Morgan fingerprint density at radius 2 is 1.75 bits per heavy atom. The summed E-state index contributed by atoms with van der Waals surface area (Å²) in [6.07, 6.45) is -0.710. The van der Waals surface area contributed by atoms with Crippen LogP contribution in [-0.4, -0.2) is 47.2 Å². The Labute approximate surface area is 73.2 Å². The Kier molecular flexibility index (Phi) is 6.28. The highest BCUT2D eigenvalue weighted by Gasteiger charge is 2.11. The van der Waals surface area contributed by atoms with E-state index in [0.29, 0.717) is 6.54 Å². The summed E-state index contributed by atoms with van der Waals surface area (Å²) < 4.78 is 0. The molecule has 0 heterocycles. The number of aliphatic hydroxyl groups is 3. The first-order valence-corrected chi connectivity index (χ1v) is 4.25. The molecule has 0 aliphatic carbocycles. The smallest absolute Gasteiger partial charge is 0.0895 e. The summed E-state index contributed by atoms with van der Waals surface area (Å²) in [6, 6.07) is 0.149. The van der Waals surface area contributed by atoms with Crippen LogP contribution in [0.25, 0.3) is 0 Å². The third kappa shape index (κ3) is 4.66. The first-order chi connectivity index (χ1) is 5.61. The van der Waals surface area contributed by atoms with Crippen LogP contribution in [0.15, 0.2) is 0 Å². The summed E-state index contributed by atoms with van der Waals surface area (Å²) in [6.45, 7) is 4.12. The lowest BCUT2D eigenvalue weighted by Crippen LogP contribution is -2.39. The molecule has 0 aromatic heterocycles. The molecule has 0 amide bonds. The van der Waals surface area contributed by atoms with Gasteiger partial charge in [0.05, 0.1) is 12.7 Å². The Morgan fingerprint density at radius 1 is 1.17 bits per heavy atom. The van der Waals surface area contributed by atoms with Gasteiger partial charge in [0.15, 0.2) is 0 Å². The highest BCUT2D eigenvalue weighted by Crippen LogP contribution is 1.99. The number of nitrogens with one attached hydrogen (secondary N) is 1. The van der Waals surface area contributed by atoms with Crippen LogP contribution in [0.1, 0.15) is 13.8 Å². The highest BCUT2D eigenvalue weighted by molar-refractivity contribution is 4.69. The van der Waals surface area contributed by atoms with Crippen molar-refractivity contribution in [3.8, 4) is 0 Å². The zero-order valence-corrected chi connectivity index (χ0v) is 7.70. The Bertz CT molecular complexity index is 110. The standard InChI is InChI=1S/C8H19NO3/c1-6(4-10)7(2)9-3-8(12)5-11/h6-12H,3-5H2,1-2H3/t6?,7?,8-/m0/s1. The fourth-order valence-corrected chi connectivity index (χ4v) is 0.746. The number of aliphatic hydroxyl groups excluding tert-OH is 3. The predicted molar refractivity (Wildman–Crippen MR) is 46.8 cm³/mol. The molecule has 0 radical (unpaired) electrons. The van der Waals surface area contributed by atoms with Gasteiger partial charge in [0, 0.05) is 19.2 Å². The second kappa shape index (κ2) is 6.37. The van der Waals surface area contributed by atoms with E-state index in [4.69, 9.17) is 15.3 Å². The SMILES string of the molecule is CC(CO)C(C)NC[C@H](O)CO. The van der Waals surface area contributed by atoms with E-state index >= 15 is 0 Å². The van der Waals surface area contributed by atoms with Gasteiger partial charge in [-0.3, -0.25) is 0 Å². The molecule has 2 unspecified atom stereocenters. The monoisotopic (exact) mass is 177 g/mol. The summed E-state index contributed by atoms with van der Waals surface area (Å²) in [5.41, 5.74) is 0. The maximum Gasteiger partial charge on any atom is 0.0895 e. The molecule has 4 nitrogen and oxygen atoms in total.